The summed E-state index contributed by atoms with van der Waals surface area (Å²) in [5.41, 5.74) is 5.19. The van der Waals surface area contributed by atoms with Gasteiger partial charge in [-0.3, -0.25) is 4.79 Å². The first-order chi connectivity index (χ1) is 7.34. The second-order valence-corrected chi connectivity index (χ2v) is 5.86. The van der Waals surface area contributed by atoms with Crippen LogP contribution >= 0.6 is 12.2 Å². The Balaban J connectivity index is 2.44. The minimum atomic E-state index is -0.738. The molecule has 1 amide bonds. The molecular formula is C12H22N2OS. The van der Waals surface area contributed by atoms with E-state index >= 15 is 0 Å². The van der Waals surface area contributed by atoms with E-state index in [9.17, 15) is 4.79 Å². The Kier molecular flexibility index (Phi) is 3.94. The van der Waals surface area contributed by atoms with Crippen molar-refractivity contribution >= 4 is 23.1 Å². The Labute approximate surface area is 103 Å². The Hall–Kier alpha value is -0.640. The number of nitrogens with one attached hydrogen (secondary N) is 1. The van der Waals surface area contributed by atoms with E-state index < -0.39 is 5.41 Å². The van der Waals surface area contributed by atoms with E-state index in [1.807, 2.05) is 0 Å². The zero-order valence-corrected chi connectivity index (χ0v) is 11.2. The van der Waals surface area contributed by atoms with Gasteiger partial charge in [0.15, 0.2) is 0 Å². The van der Waals surface area contributed by atoms with Crippen molar-refractivity contribution < 1.29 is 4.79 Å². The van der Waals surface area contributed by atoms with Crippen molar-refractivity contribution in [2.24, 2.45) is 16.6 Å². The van der Waals surface area contributed by atoms with E-state index in [4.69, 9.17) is 18.0 Å². The van der Waals surface area contributed by atoms with Crippen LogP contribution in [0.3, 0.4) is 0 Å². The molecule has 1 saturated carbocycles. The molecule has 0 aliphatic heterocycles. The van der Waals surface area contributed by atoms with Gasteiger partial charge in [0.25, 0.3) is 0 Å². The Morgan fingerprint density at radius 2 is 2.06 bits per heavy atom. The number of nitrogens with two attached hydrogens (primary N) is 1. The molecule has 0 spiro atoms. The van der Waals surface area contributed by atoms with Gasteiger partial charge in [0, 0.05) is 6.54 Å². The number of thiocarbonyl (C=S) groups is 1. The molecule has 0 atom stereocenters. The van der Waals surface area contributed by atoms with Gasteiger partial charge in [-0.15, -0.1) is 0 Å². The summed E-state index contributed by atoms with van der Waals surface area (Å²) in [6, 6.07) is 0. The van der Waals surface area contributed by atoms with Gasteiger partial charge >= 0.3 is 0 Å². The van der Waals surface area contributed by atoms with E-state index in [2.05, 4.69) is 12.2 Å². The molecule has 0 aromatic rings. The van der Waals surface area contributed by atoms with Crippen LogP contribution in [0.5, 0.6) is 0 Å². The maximum atomic E-state index is 11.9. The maximum absolute atomic E-state index is 11.9. The normalized spacial score (nSPS) is 17.9. The first-order valence-electron chi connectivity index (χ1n) is 5.92. The van der Waals surface area contributed by atoms with Gasteiger partial charge in [-0.25, -0.2) is 0 Å². The zero-order valence-electron chi connectivity index (χ0n) is 10.4. The lowest BCUT2D eigenvalue weighted by Gasteiger charge is -2.24. The van der Waals surface area contributed by atoms with Gasteiger partial charge in [0.05, 0.1) is 10.4 Å². The van der Waals surface area contributed by atoms with Crippen molar-refractivity contribution in [2.45, 2.75) is 46.5 Å². The molecule has 1 aliphatic carbocycles. The topological polar surface area (TPSA) is 55.1 Å². The monoisotopic (exact) mass is 242 g/mol. The lowest BCUT2D eigenvalue weighted by molar-refractivity contribution is -0.126. The molecule has 1 rings (SSSR count). The van der Waals surface area contributed by atoms with Gasteiger partial charge in [-0.2, -0.15) is 0 Å². The summed E-state index contributed by atoms with van der Waals surface area (Å²) in [7, 11) is 0. The first-order valence-corrected chi connectivity index (χ1v) is 6.33. The van der Waals surface area contributed by atoms with Gasteiger partial charge < -0.3 is 11.1 Å². The van der Waals surface area contributed by atoms with Crippen LogP contribution in [0.1, 0.15) is 46.5 Å². The van der Waals surface area contributed by atoms with Gasteiger partial charge in [-0.05, 0) is 38.5 Å². The smallest absolute Gasteiger partial charge is 0.232 e. The highest BCUT2D eigenvalue weighted by Gasteiger charge is 2.42. The molecule has 16 heavy (non-hydrogen) atoms. The fraction of sp³-hybridized carbons (Fsp3) is 0.833. The molecule has 3 N–H and O–H groups in total. The van der Waals surface area contributed by atoms with Crippen LogP contribution < -0.4 is 11.1 Å². The molecule has 0 unspecified atom stereocenters. The van der Waals surface area contributed by atoms with E-state index in [1.165, 1.54) is 25.7 Å². The quantitative estimate of drug-likeness (QED) is 0.700. The fourth-order valence-electron chi connectivity index (χ4n) is 1.82. The van der Waals surface area contributed by atoms with Crippen LogP contribution in [0.4, 0.5) is 0 Å². The number of carbonyl (C=O) groups excluding carboxylic acids is 1. The molecule has 0 aromatic heterocycles. The van der Waals surface area contributed by atoms with Crippen LogP contribution in [0.2, 0.25) is 0 Å². The highest BCUT2D eigenvalue weighted by molar-refractivity contribution is 7.80. The standard InChI is InChI=1S/C12H22N2OS/c1-4-5-12(6-7-12)8-14-10(15)11(2,3)9(13)16/h4-8H2,1-3H3,(H2,13,16)(H,14,15). The molecule has 0 bridgehead atoms. The lowest BCUT2D eigenvalue weighted by atomic mass is 9.91. The third kappa shape index (κ3) is 2.94. The number of hydrogen-bond donors (Lipinski definition) is 2. The fourth-order valence-corrected chi connectivity index (χ4v) is 1.92. The van der Waals surface area contributed by atoms with E-state index in [0.717, 1.165) is 6.54 Å². The molecule has 0 radical (unpaired) electrons. The zero-order chi connectivity index (χ0) is 12.4. The van der Waals surface area contributed by atoms with Crippen molar-refractivity contribution in [2.75, 3.05) is 6.54 Å². The average Bonchev–Trinajstić information content (AvgIpc) is 2.95. The molecule has 92 valence electrons. The molecule has 4 heteroatoms. The third-order valence-corrected chi connectivity index (χ3v) is 4.06. The summed E-state index contributed by atoms with van der Waals surface area (Å²) in [5, 5.41) is 2.99. The predicted octanol–water partition coefficient (Wildman–Crippen LogP) is 2.00. The number of amides is 1. The minimum absolute atomic E-state index is 0.0534. The van der Waals surface area contributed by atoms with Gasteiger partial charge in [0.2, 0.25) is 5.91 Å². The van der Waals surface area contributed by atoms with Crippen LogP contribution in [0, 0.1) is 10.8 Å². The molecule has 0 saturated heterocycles. The van der Waals surface area contributed by atoms with Crippen molar-refractivity contribution in [1.82, 2.24) is 5.32 Å². The summed E-state index contributed by atoms with van der Waals surface area (Å²) in [6.45, 7) is 6.49. The third-order valence-electron chi connectivity index (χ3n) is 3.55. The van der Waals surface area contributed by atoms with Crippen molar-refractivity contribution in [1.29, 1.82) is 0 Å². The summed E-state index contributed by atoms with van der Waals surface area (Å²) in [4.78, 5) is 12.2. The minimum Gasteiger partial charge on any atom is -0.392 e. The summed E-state index contributed by atoms with van der Waals surface area (Å²) < 4.78 is 0. The molecule has 1 fully saturated rings. The van der Waals surface area contributed by atoms with Crippen LogP contribution in [-0.4, -0.2) is 17.4 Å². The maximum Gasteiger partial charge on any atom is 0.232 e. The first kappa shape index (κ1) is 13.4. The Bertz CT molecular complexity index is 295. The number of carbonyl (C=O) groups is 1. The lowest BCUT2D eigenvalue weighted by Crippen LogP contribution is -2.46. The highest BCUT2D eigenvalue weighted by Crippen LogP contribution is 2.49. The van der Waals surface area contributed by atoms with Crippen LogP contribution in [0.15, 0.2) is 0 Å². The Morgan fingerprint density at radius 1 is 1.50 bits per heavy atom. The molecular weight excluding hydrogens is 220 g/mol. The van der Waals surface area contributed by atoms with Crippen molar-refractivity contribution in [3.8, 4) is 0 Å². The Morgan fingerprint density at radius 3 is 2.44 bits per heavy atom. The van der Waals surface area contributed by atoms with Gasteiger partial charge in [-0.1, -0.05) is 25.6 Å². The molecule has 3 nitrogen and oxygen atoms in total. The predicted molar refractivity (Wildman–Crippen MR) is 70.2 cm³/mol. The SMILES string of the molecule is CCCC1(CNC(=O)C(C)(C)C(N)=S)CC1. The molecule has 0 heterocycles. The van der Waals surface area contributed by atoms with Crippen molar-refractivity contribution in [3.63, 3.8) is 0 Å². The average molecular weight is 242 g/mol. The van der Waals surface area contributed by atoms with E-state index in [1.54, 1.807) is 13.8 Å². The van der Waals surface area contributed by atoms with Crippen molar-refractivity contribution in [3.05, 3.63) is 0 Å². The second-order valence-electron chi connectivity index (χ2n) is 5.42. The summed E-state index contributed by atoms with van der Waals surface area (Å²) in [5.74, 6) is -0.0534. The molecule has 0 aromatic carbocycles. The van der Waals surface area contributed by atoms with E-state index in [0.29, 0.717) is 5.41 Å². The molecule has 1 aliphatic rings. The largest absolute Gasteiger partial charge is 0.392 e. The highest BCUT2D eigenvalue weighted by atomic mass is 32.1. The van der Waals surface area contributed by atoms with E-state index in [-0.39, 0.29) is 10.9 Å². The summed E-state index contributed by atoms with van der Waals surface area (Å²) in [6.07, 6.45) is 4.83. The van der Waals surface area contributed by atoms with Crippen LogP contribution in [-0.2, 0) is 4.79 Å². The number of hydrogen-bond acceptors (Lipinski definition) is 2. The summed E-state index contributed by atoms with van der Waals surface area (Å²) >= 11 is 4.90. The number of rotatable bonds is 6. The second kappa shape index (κ2) is 4.70. The van der Waals surface area contributed by atoms with Crippen LogP contribution in [0.25, 0.3) is 0 Å². The van der Waals surface area contributed by atoms with Gasteiger partial charge in [0.1, 0.15) is 0 Å².